The molecule has 5 nitrogen and oxygen atoms in total. The maximum Gasteiger partial charge on any atom is 0.172 e. The second-order valence-corrected chi connectivity index (χ2v) is 4.37. The number of hydrogen-bond donors (Lipinski definition) is 2. The van der Waals surface area contributed by atoms with Crippen LogP contribution in [0.5, 0.6) is 0 Å². The third kappa shape index (κ3) is 3.03. The largest absolute Gasteiger partial charge is 0.409 e. The van der Waals surface area contributed by atoms with Gasteiger partial charge in [0.2, 0.25) is 0 Å². The number of amidine groups is 1. The molecule has 0 fully saturated rings. The van der Waals surface area contributed by atoms with Gasteiger partial charge < -0.3 is 15.8 Å². The Labute approximate surface area is 116 Å². The molecule has 0 aliphatic heterocycles. The predicted octanol–water partition coefficient (Wildman–Crippen LogP) is 1.95. The SMILES string of the molecule is CN(Cc1cncc(F)c1)c1ccccc1/C(N)=N/O. The van der Waals surface area contributed by atoms with E-state index in [0.29, 0.717) is 12.1 Å². The monoisotopic (exact) mass is 274 g/mol. The van der Waals surface area contributed by atoms with E-state index in [1.54, 1.807) is 18.3 Å². The first-order valence-electron chi connectivity index (χ1n) is 5.99. The number of rotatable bonds is 4. The lowest BCUT2D eigenvalue weighted by molar-refractivity contribution is 0.318. The zero-order chi connectivity index (χ0) is 14.5. The number of aromatic nitrogens is 1. The predicted molar refractivity (Wildman–Crippen MR) is 75.3 cm³/mol. The van der Waals surface area contributed by atoms with Crippen molar-refractivity contribution in [3.05, 3.63) is 59.7 Å². The molecule has 1 aromatic heterocycles. The van der Waals surface area contributed by atoms with Crippen LogP contribution in [-0.4, -0.2) is 23.1 Å². The summed E-state index contributed by atoms with van der Waals surface area (Å²) in [6, 6.07) is 8.68. The molecule has 0 spiro atoms. The number of nitrogens with zero attached hydrogens (tertiary/aromatic N) is 3. The molecule has 0 aliphatic rings. The highest BCUT2D eigenvalue weighted by Crippen LogP contribution is 2.20. The molecule has 1 heterocycles. The molecular weight excluding hydrogens is 259 g/mol. The summed E-state index contributed by atoms with van der Waals surface area (Å²) in [6.45, 7) is 0.459. The normalized spacial score (nSPS) is 11.4. The lowest BCUT2D eigenvalue weighted by Gasteiger charge is -2.22. The number of pyridine rings is 1. The Bertz CT molecular complexity index is 630. The van der Waals surface area contributed by atoms with Crippen LogP contribution in [0.3, 0.4) is 0 Å². The Morgan fingerprint density at radius 3 is 2.85 bits per heavy atom. The molecule has 0 amide bonds. The standard InChI is InChI=1S/C14H15FN4O/c1-19(9-10-6-11(15)8-17-7-10)13-5-3-2-4-12(13)14(16)18-20/h2-8,20H,9H2,1H3,(H2,16,18). The maximum atomic E-state index is 13.1. The van der Waals surface area contributed by atoms with Crippen molar-refractivity contribution in [2.75, 3.05) is 11.9 Å². The second-order valence-electron chi connectivity index (χ2n) is 4.37. The summed E-state index contributed by atoms with van der Waals surface area (Å²) in [4.78, 5) is 5.69. The Morgan fingerprint density at radius 2 is 2.15 bits per heavy atom. The molecule has 0 saturated heterocycles. The van der Waals surface area contributed by atoms with Crippen LogP contribution in [-0.2, 0) is 6.54 Å². The molecule has 104 valence electrons. The quantitative estimate of drug-likeness (QED) is 0.387. The van der Waals surface area contributed by atoms with Crippen molar-refractivity contribution in [1.82, 2.24) is 4.98 Å². The first kappa shape index (κ1) is 13.8. The summed E-state index contributed by atoms with van der Waals surface area (Å²) in [5.41, 5.74) is 7.79. The Hall–Kier alpha value is -2.63. The van der Waals surface area contributed by atoms with E-state index in [0.717, 1.165) is 17.4 Å². The number of benzene rings is 1. The van der Waals surface area contributed by atoms with Gasteiger partial charge in [0.25, 0.3) is 0 Å². The summed E-state index contributed by atoms with van der Waals surface area (Å²) in [5.74, 6) is -0.342. The third-order valence-corrected chi connectivity index (χ3v) is 2.88. The van der Waals surface area contributed by atoms with Crippen molar-refractivity contribution in [2.45, 2.75) is 6.54 Å². The van der Waals surface area contributed by atoms with Crippen LogP contribution in [0.25, 0.3) is 0 Å². The zero-order valence-electron chi connectivity index (χ0n) is 11.0. The van der Waals surface area contributed by atoms with Gasteiger partial charge in [-0.15, -0.1) is 0 Å². The van der Waals surface area contributed by atoms with Crippen molar-refractivity contribution in [2.24, 2.45) is 10.9 Å². The average Bonchev–Trinajstić information content (AvgIpc) is 2.46. The number of oxime groups is 1. The van der Waals surface area contributed by atoms with Crippen LogP contribution >= 0.6 is 0 Å². The van der Waals surface area contributed by atoms with E-state index >= 15 is 0 Å². The van der Waals surface area contributed by atoms with Crippen molar-refractivity contribution in [1.29, 1.82) is 0 Å². The molecular formula is C14H15FN4O. The molecule has 0 radical (unpaired) electrons. The van der Waals surface area contributed by atoms with E-state index in [-0.39, 0.29) is 11.7 Å². The molecule has 1 aromatic carbocycles. The van der Waals surface area contributed by atoms with Gasteiger partial charge in [-0.2, -0.15) is 0 Å². The number of halogens is 1. The zero-order valence-corrected chi connectivity index (χ0v) is 11.0. The molecule has 2 aromatic rings. The van der Waals surface area contributed by atoms with Crippen LogP contribution in [0.4, 0.5) is 10.1 Å². The fourth-order valence-electron chi connectivity index (χ4n) is 1.98. The van der Waals surface area contributed by atoms with Crippen molar-refractivity contribution in [3.63, 3.8) is 0 Å². The lowest BCUT2D eigenvalue weighted by atomic mass is 10.1. The Morgan fingerprint density at radius 1 is 1.40 bits per heavy atom. The molecule has 2 rings (SSSR count). The van der Waals surface area contributed by atoms with Crippen molar-refractivity contribution >= 4 is 11.5 Å². The van der Waals surface area contributed by atoms with Crippen LogP contribution in [0.2, 0.25) is 0 Å². The molecule has 3 N–H and O–H groups in total. The fraction of sp³-hybridized carbons (Fsp3) is 0.143. The first-order valence-corrected chi connectivity index (χ1v) is 5.99. The number of anilines is 1. The highest BCUT2D eigenvalue weighted by molar-refractivity contribution is 6.02. The molecule has 20 heavy (non-hydrogen) atoms. The molecule has 0 atom stereocenters. The highest BCUT2D eigenvalue weighted by atomic mass is 19.1. The minimum absolute atomic E-state index is 0.0322. The van der Waals surface area contributed by atoms with Gasteiger partial charge in [0.15, 0.2) is 5.84 Å². The molecule has 6 heteroatoms. The number of nitrogens with two attached hydrogens (primary N) is 1. The first-order chi connectivity index (χ1) is 9.61. The summed E-state index contributed by atoms with van der Waals surface area (Å²) in [5, 5.41) is 11.8. The van der Waals surface area contributed by atoms with Crippen LogP contribution in [0.1, 0.15) is 11.1 Å². The van der Waals surface area contributed by atoms with Gasteiger partial charge >= 0.3 is 0 Å². The minimum Gasteiger partial charge on any atom is -0.409 e. The van der Waals surface area contributed by atoms with Gasteiger partial charge in [0, 0.05) is 31.0 Å². The van der Waals surface area contributed by atoms with Gasteiger partial charge in [-0.05, 0) is 23.8 Å². The van der Waals surface area contributed by atoms with Gasteiger partial charge in [0.05, 0.1) is 6.20 Å². The lowest BCUT2D eigenvalue weighted by Crippen LogP contribution is -2.22. The third-order valence-electron chi connectivity index (χ3n) is 2.88. The number of para-hydroxylation sites is 1. The van der Waals surface area contributed by atoms with E-state index in [4.69, 9.17) is 10.9 Å². The van der Waals surface area contributed by atoms with Crippen LogP contribution in [0, 0.1) is 5.82 Å². The summed E-state index contributed by atoms with van der Waals surface area (Å²) >= 11 is 0. The van der Waals surface area contributed by atoms with Gasteiger partial charge in [0.1, 0.15) is 5.82 Å². The minimum atomic E-state index is -0.374. The second kappa shape index (κ2) is 6.01. The number of hydrogen-bond acceptors (Lipinski definition) is 4. The molecule has 0 aliphatic carbocycles. The summed E-state index contributed by atoms with van der Waals surface area (Å²) in [6.07, 6.45) is 2.76. The summed E-state index contributed by atoms with van der Waals surface area (Å²) in [7, 11) is 1.84. The average molecular weight is 274 g/mol. The van der Waals surface area contributed by atoms with E-state index in [9.17, 15) is 4.39 Å². The van der Waals surface area contributed by atoms with Crippen molar-refractivity contribution in [3.8, 4) is 0 Å². The fourth-order valence-corrected chi connectivity index (χ4v) is 1.98. The smallest absolute Gasteiger partial charge is 0.172 e. The highest BCUT2D eigenvalue weighted by Gasteiger charge is 2.11. The van der Waals surface area contributed by atoms with E-state index in [1.807, 2.05) is 24.1 Å². The molecule has 0 unspecified atom stereocenters. The topological polar surface area (TPSA) is 74.7 Å². The van der Waals surface area contributed by atoms with Crippen LogP contribution in [0.15, 0.2) is 47.9 Å². The molecule has 0 bridgehead atoms. The van der Waals surface area contributed by atoms with Gasteiger partial charge in [-0.1, -0.05) is 17.3 Å². The van der Waals surface area contributed by atoms with Crippen LogP contribution < -0.4 is 10.6 Å². The van der Waals surface area contributed by atoms with E-state index in [1.165, 1.54) is 6.07 Å². The molecule has 0 saturated carbocycles. The van der Waals surface area contributed by atoms with Gasteiger partial charge in [-0.25, -0.2) is 4.39 Å². The van der Waals surface area contributed by atoms with Gasteiger partial charge in [-0.3, -0.25) is 4.98 Å². The Balaban J connectivity index is 2.28. The van der Waals surface area contributed by atoms with Crippen molar-refractivity contribution < 1.29 is 9.60 Å². The summed E-state index contributed by atoms with van der Waals surface area (Å²) < 4.78 is 13.1. The maximum absolute atomic E-state index is 13.1. The van der Waals surface area contributed by atoms with E-state index in [2.05, 4.69) is 10.1 Å². The Kier molecular flexibility index (Phi) is 4.14. The van der Waals surface area contributed by atoms with E-state index < -0.39 is 0 Å².